The van der Waals surface area contributed by atoms with E-state index in [0.717, 1.165) is 61.5 Å². The highest BCUT2D eigenvalue weighted by molar-refractivity contribution is 6.26. The molecular weight excluding hydrogens is 781 g/mol. The molecule has 0 aliphatic rings. The van der Waals surface area contributed by atoms with Crippen molar-refractivity contribution in [2.75, 3.05) is 0 Å². The third-order valence-corrected chi connectivity index (χ3v) is 12.5. The van der Waals surface area contributed by atoms with Crippen molar-refractivity contribution in [2.24, 2.45) is 9.98 Å². The van der Waals surface area contributed by atoms with Crippen LogP contribution >= 0.6 is 0 Å². The van der Waals surface area contributed by atoms with E-state index in [2.05, 4.69) is 177 Å². The molecule has 302 valence electrons. The highest BCUT2D eigenvalue weighted by Crippen LogP contribution is 2.43. The maximum absolute atomic E-state index is 9.07. The summed E-state index contributed by atoms with van der Waals surface area (Å²) in [5, 5.41) is 16.2. The van der Waals surface area contributed by atoms with Crippen LogP contribution in [0.3, 0.4) is 0 Å². The summed E-state index contributed by atoms with van der Waals surface area (Å²) in [4.78, 5) is 10.0. The number of benzene rings is 9. The Kier molecular flexibility index (Phi) is 8.76. The molecule has 0 spiro atoms. The maximum Gasteiger partial charge on any atom is 0.161 e. The zero-order chi connectivity index (χ0) is 42.7. The van der Waals surface area contributed by atoms with Gasteiger partial charge in [-0.1, -0.05) is 152 Å². The van der Waals surface area contributed by atoms with Crippen LogP contribution < -0.4 is 0 Å². The van der Waals surface area contributed by atoms with Crippen molar-refractivity contribution in [3.63, 3.8) is 0 Å². The summed E-state index contributed by atoms with van der Waals surface area (Å²) in [6, 6.07) is 76.5. The number of rotatable bonds is 6. The number of amidine groups is 2. The molecule has 12 aromatic rings. The van der Waals surface area contributed by atoms with Crippen molar-refractivity contribution in [3.05, 3.63) is 235 Å². The normalized spacial score (nSPS) is 12.4. The molecule has 3 aromatic heterocycles. The molecule has 0 radical (unpaired) electrons. The smallest absolute Gasteiger partial charge is 0.161 e. The molecule has 0 saturated heterocycles. The molecule has 12 rings (SSSR count). The summed E-state index contributed by atoms with van der Waals surface area (Å²) in [7, 11) is 0. The lowest BCUT2D eigenvalue weighted by atomic mass is 10.1. The van der Waals surface area contributed by atoms with Crippen LogP contribution in [0.1, 0.15) is 23.6 Å². The van der Waals surface area contributed by atoms with E-state index in [1.54, 1.807) is 0 Å². The Morgan fingerprint density at radius 3 is 1.58 bits per heavy atom. The summed E-state index contributed by atoms with van der Waals surface area (Å²) in [5.74, 6) is 0.628. The molecule has 0 amide bonds. The first-order chi connectivity index (χ1) is 31.6. The number of aliphatic imine (C=N–C) groups is 2. The molecule has 64 heavy (non-hydrogen) atoms. The highest BCUT2D eigenvalue weighted by atomic mass is 15.0. The van der Waals surface area contributed by atoms with Crippen LogP contribution in [0.2, 0.25) is 0 Å². The zero-order valence-electron chi connectivity index (χ0n) is 35.0. The Bertz CT molecular complexity index is 3850. The van der Waals surface area contributed by atoms with Crippen LogP contribution in [0.15, 0.2) is 228 Å². The van der Waals surface area contributed by atoms with Gasteiger partial charge in [0.1, 0.15) is 0 Å². The van der Waals surface area contributed by atoms with Crippen LogP contribution in [-0.4, -0.2) is 31.1 Å². The van der Waals surface area contributed by atoms with Gasteiger partial charge in [0.2, 0.25) is 0 Å². The molecule has 0 saturated carbocycles. The lowest BCUT2D eigenvalue weighted by molar-refractivity contribution is 1.16. The molecular formula is C58H40N6. The molecule has 1 N–H and O–H groups in total. The van der Waals surface area contributed by atoms with Crippen LogP contribution in [0.25, 0.3) is 82.5 Å². The molecule has 9 aromatic carbocycles. The van der Waals surface area contributed by atoms with Crippen LogP contribution in [0.5, 0.6) is 0 Å². The van der Waals surface area contributed by atoms with Crippen LogP contribution in [0, 0.1) is 5.41 Å². The van der Waals surface area contributed by atoms with Gasteiger partial charge < -0.3 is 13.7 Å². The summed E-state index contributed by atoms with van der Waals surface area (Å²) in [6.45, 7) is 2.00. The predicted octanol–water partition coefficient (Wildman–Crippen LogP) is 14.3. The van der Waals surface area contributed by atoms with E-state index >= 15 is 0 Å². The molecule has 3 heterocycles. The molecule has 6 heteroatoms. The van der Waals surface area contributed by atoms with Crippen molar-refractivity contribution in [3.8, 4) is 17.1 Å². The fourth-order valence-corrected chi connectivity index (χ4v) is 9.62. The van der Waals surface area contributed by atoms with Gasteiger partial charge in [-0.05, 0) is 79.2 Å². The second-order valence-corrected chi connectivity index (χ2v) is 16.2. The fourth-order valence-electron chi connectivity index (χ4n) is 9.62. The fraction of sp³-hybridized carbons (Fsp3) is 0.0172. The number of hydrogen-bond acceptors (Lipinski definition) is 1. The first-order valence-corrected chi connectivity index (χ1v) is 21.6. The maximum atomic E-state index is 9.07. The molecule has 0 aliphatic carbocycles. The standard InChI is InChI=1S/C58H40N6/c1-38(39-18-5-2-6-19-39)60-58(61-57(59)40-20-7-3-8-21-40)41-22-17-25-43(36-41)64-51-30-15-11-26-45(51)47-33-35-54-55(56(47)64)48-28-13-16-31-52(48)63(54)44-32-34-53-49(37-44)46-27-12-14-29-50(46)62(53)42-23-9-4-10-24-42/h2-37,59H,1H3/b59-57?,60-38+,61-58-. The SMILES string of the molecule is C/C(=N\C(=N/C(=N)c1ccccc1)c1cccc(-n2c3ccccc3c3ccc4c(c5ccccc5n4-c4ccc5c(c4)c4ccccc4n5-c4ccccc4)c32)c1)c1ccccc1. The van der Waals surface area contributed by atoms with Crippen molar-refractivity contribution in [2.45, 2.75) is 6.92 Å². The Balaban J connectivity index is 1.09. The summed E-state index contributed by atoms with van der Waals surface area (Å²) in [6.07, 6.45) is 0. The second kappa shape index (κ2) is 15.1. The predicted molar refractivity (Wildman–Crippen MR) is 268 cm³/mol. The number of fused-ring (bicyclic) bond motifs is 10. The summed E-state index contributed by atoms with van der Waals surface area (Å²) in [5.41, 5.74) is 13.4. The van der Waals surface area contributed by atoms with E-state index < -0.39 is 0 Å². The number of nitrogens with one attached hydrogen (secondary N) is 1. The third kappa shape index (κ3) is 5.99. The Morgan fingerprint density at radius 1 is 0.359 bits per heavy atom. The average Bonchev–Trinajstić information content (AvgIpc) is 4.00. The van der Waals surface area contributed by atoms with E-state index in [9.17, 15) is 0 Å². The number of nitrogens with zero attached hydrogens (tertiary/aromatic N) is 5. The van der Waals surface area contributed by atoms with Crippen molar-refractivity contribution >= 4 is 82.8 Å². The number of para-hydroxylation sites is 4. The topological polar surface area (TPSA) is 63.4 Å². The summed E-state index contributed by atoms with van der Waals surface area (Å²) >= 11 is 0. The second-order valence-electron chi connectivity index (χ2n) is 16.2. The van der Waals surface area contributed by atoms with E-state index in [1.165, 1.54) is 43.4 Å². The zero-order valence-corrected chi connectivity index (χ0v) is 35.0. The van der Waals surface area contributed by atoms with Crippen LogP contribution in [-0.2, 0) is 0 Å². The molecule has 6 nitrogen and oxygen atoms in total. The van der Waals surface area contributed by atoms with Gasteiger partial charge in [0.15, 0.2) is 11.7 Å². The van der Waals surface area contributed by atoms with Crippen molar-refractivity contribution in [1.82, 2.24) is 13.7 Å². The van der Waals surface area contributed by atoms with Gasteiger partial charge in [0.25, 0.3) is 0 Å². The lowest BCUT2D eigenvalue weighted by Crippen LogP contribution is -2.08. The average molecular weight is 821 g/mol. The van der Waals surface area contributed by atoms with E-state index in [4.69, 9.17) is 15.4 Å². The minimum Gasteiger partial charge on any atom is -0.309 e. The van der Waals surface area contributed by atoms with Gasteiger partial charge in [-0.15, -0.1) is 0 Å². The van der Waals surface area contributed by atoms with Gasteiger partial charge in [0.05, 0.1) is 33.1 Å². The highest BCUT2D eigenvalue weighted by Gasteiger charge is 2.22. The van der Waals surface area contributed by atoms with Gasteiger partial charge in [-0.2, -0.15) is 0 Å². The lowest BCUT2D eigenvalue weighted by Gasteiger charge is -2.12. The number of hydrogen-bond donors (Lipinski definition) is 1. The van der Waals surface area contributed by atoms with E-state index in [0.29, 0.717) is 5.84 Å². The first-order valence-electron chi connectivity index (χ1n) is 21.6. The van der Waals surface area contributed by atoms with Crippen molar-refractivity contribution < 1.29 is 0 Å². The minimum absolute atomic E-state index is 0.153. The van der Waals surface area contributed by atoms with Crippen LogP contribution in [0.4, 0.5) is 0 Å². The minimum atomic E-state index is 0.153. The Morgan fingerprint density at radius 2 is 0.859 bits per heavy atom. The summed E-state index contributed by atoms with van der Waals surface area (Å²) < 4.78 is 7.20. The van der Waals surface area contributed by atoms with E-state index in [1.807, 2.05) is 61.5 Å². The van der Waals surface area contributed by atoms with E-state index in [-0.39, 0.29) is 5.84 Å². The van der Waals surface area contributed by atoms with Gasteiger partial charge in [-0.3, -0.25) is 5.41 Å². The Hall–Kier alpha value is -8.61. The number of aromatic nitrogens is 3. The quantitative estimate of drug-likeness (QED) is 0.128. The molecule has 0 unspecified atom stereocenters. The van der Waals surface area contributed by atoms with Gasteiger partial charge in [-0.25, -0.2) is 9.98 Å². The van der Waals surface area contributed by atoms with Crippen molar-refractivity contribution in [1.29, 1.82) is 5.41 Å². The first kappa shape index (κ1) is 37.2. The third-order valence-electron chi connectivity index (χ3n) is 12.5. The molecule has 0 aliphatic heterocycles. The monoisotopic (exact) mass is 820 g/mol. The largest absolute Gasteiger partial charge is 0.309 e. The van der Waals surface area contributed by atoms with Gasteiger partial charge in [0, 0.05) is 66.2 Å². The Labute approximate surface area is 369 Å². The molecule has 0 bridgehead atoms. The van der Waals surface area contributed by atoms with Gasteiger partial charge >= 0.3 is 0 Å². The molecule has 0 fully saturated rings. The molecule has 0 atom stereocenters.